The predicted octanol–water partition coefficient (Wildman–Crippen LogP) is 6.49. The number of rotatable bonds is 7. The van der Waals surface area contributed by atoms with Crippen LogP contribution in [0.25, 0.3) is 0 Å². The Morgan fingerprint density at radius 3 is 2.23 bits per heavy atom. The van der Waals surface area contributed by atoms with Gasteiger partial charge in [-0.15, -0.1) is 0 Å². The van der Waals surface area contributed by atoms with Crippen molar-refractivity contribution in [2.45, 2.75) is 38.1 Å². The molecule has 0 heterocycles. The lowest BCUT2D eigenvalue weighted by molar-refractivity contribution is -0.253. The second-order valence-corrected chi connectivity index (χ2v) is 8.72. The molecule has 2 aromatic rings. The van der Waals surface area contributed by atoms with Crippen LogP contribution >= 0.6 is 11.9 Å². The molecule has 0 aromatic heterocycles. The number of alkyl halides is 4. The van der Waals surface area contributed by atoms with Crippen molar-refractivity contribution in [1.82, 2.24) is 0 Å². The van der Waals surface area contributed by atoms with Gasteiger partial charge in [-0.25, -0.2) is 13.2 Å². The van der Waals surface area contributed by atoms with Gasteiger partial charge in [0.1, 0.15) is 11.6 Å². The minimum Gasteiger partial charge on any atom is -0.494 e. The summed E-state index contributed by atoms with van der Waals surface area (Å²) in [5.41, 5.74) is 0.362. The average Bonchev–Trinajstić information content (AvgIpc) is 2.61. The average molecular weight is 451 g/mol. The van der Waals surface area contributed by atoms with Crippen LogP contribution in [0.3, 0.4) is 0 Å². The molecule has 0 aliphatic rings. The van der Waals surface area contributed by atoms with E-state index in [0.717, 1.165) is 30.1 Å². The molecule has 2 aromatic carbocycles. The van der Waals surface area contributed by atoms with Crippen molar-refractivity contribution < 1.29 is 35.8 Å². The number of hydrogen-bond donors (Lipinski definition) is 0. The van der Waals surface area contributed by atoms with E-state index >= 15 is 0 Å². The predicted molar refractivity (Wildman–Crippen MR) is 104 cm³/mol. The SMILES string of the molecule is COc1cc(/C(=N\SC(C)(C)C)c2cc(F)cc(OC(F)(F)C(F)F)c2)ccc1F. The van der Waals surface area contributed by atoms with Crippen molar-refractivity contribution in [3.05, 3.63) is 59.2 Å². The Balaban J connectivity index is 2.59. The first-order valence-electron chi connectivity index (χ1n) is 8.58. The maximum absolute atomic E-state index is 14.1. The van der Waals surface area contributed by atoms with E-state index in [1.54, 1.807) is 0 Å². The summed E-state index contributed by atoms with van der Waals surface area (Å²) in [7, 11) is 1.25. The molecule has 0 radical (unpaired) electrons. The second-order valence-electron chi connectivity index (χ2n) is 7.13. The fraction of sp³-hybridized carbons (Fsp3) is 0.350. The van der Waals surface area contributed by atoms with Gasteiger partial charge in [-0.3, -0.25) is 0 Å². The van der Waals surface area contributed by atoms with Crippen LogP contribution in [0.15, 0.2) is 40.8 Å². The summed E-state index contributed by atoms with van der Waals surface area (Å²) < 4.78 is 92.3. The normalized spacial score (nSPS) is 13.0. The molecule has 30 heavy (non-hydrogen) atoms. The van der Waals surface area contributed by atoms with Crippen molar-refractivity contribution in [2.24, 2.45) is 4.40 Å². The summed E-state index contributed by atoms with van der Waals surface area (Å²) >= 11 is 1.10. The molecular formula is C20H19F6NO2S. The summed E-state index contributed by atoms with van der Waals surface area (Å²) in [5, 5.41) is 0. The zero-order valence-electron chi connectivity index (χ0n) is 16.5. The number of benzene rings is 2. The maximum atomic E-state index is 14.1. The summed E-state index contributed by atoms with van der Waals surface area (Å²) in [5.74, 6) is -2.57. The molecule has 0 atom stereocenters. The first kappa shape index (κ1) is 23.9. The largest absolute Gasteiger partial charge is 0.494 e. The first-order chi connectivity index (χ1) is 13.8. The Kier molecular flexibility index (Phi) is 7.33. The molecule has 0 saturated carbocycles. The Labute approximate surface area is 174 Å². The Bertz CT molecular complexity index is 928. The van der Waals surface area contributed by atoms with Gasteiger partial charge in [0.05, 0.1) is 12.8 Å². The smallest absolute Gasteiger partial charge is 0.461 e. The van der Waals surface area contributed by atoms with E-state index in [-0.39, 0.29) is 21.8 Å². The van der Waals surface area contributed by atoms with Crippen molar-refractivity contribution in [1.29, 1.82) is 0 Å². The van der Waals surface area contributed by atoms with Crippen LogP contribution in [0, 0.1) is 11.6 Å². The van der Waals surface area contributed by atoms with Gasteiger partial charge in [-0.05, 0) is 63.1 Å². The van der Waals surface area contributed by atoms with Crippen molar-refractivity contribution in [3.63, 3.8) is 0 Å². The first-order valence-corrected chi connectivity index (χ1v) is 9.36. The number of hydrogen-bond acceptors (Lipinski definition) is 4. The van der Waals surface area contributed by atoms with Crippen LogP contribution in [0.2, 0.25) is 0 Å². The molecule has 0 bridgehead atoms. The van der Waals surface area contributed by atoms with E-state index < -0.39 is 29.9 Å². The third kappa shape index (κ3) is 6.32. The van der Waals surface area contributed by atoms with E-state index in [9.17, 15) is 26.3 Å². The molecule has 0 aliphatic heterocycles. The third-order valence-corrected chi connectivity index (χ3v) is 4.31. The highest BCUT2D eigenvalue weighted by Crippen LogP contribution is 2.32. The van der Waals surface area contributed by atoms with Crippen LogP contribution in [0.4, 0.5) is 26.3 Å². The minimum atomic E-state index is -4.80. The van der Waals surface area contributed by atoms with Crippen molar-refractivity contribution >= 4 is 17.7 Å². The van der Waals surface area contributed by atoms with Gasteiger partial charge >= 0.3 is 12.5 Å². The van der Waals surface area contributed by atoms with Gasteiger partial charge in [0, 0.05) is 21.9 Å². The van der Waals surface area contributed by atoms with Crippen molar-refractivity contribution in [2.75, 3.05) is 7.11 Å². The highest BCUT2D eigenvalue weighted by molar-refractivity contribution is 7.99. The fourth-order valence-electron chi connectivity index (χ4n) is 2.22. The quantitative estimate of drug-likeness (QED) is 0.274. The summed E-state index contributed by atoms with van der Waals surface area (Å²) in [6, 6.07) is 6.24. The van der Waals surface area contributed by atoms with Crippen LogP contribution in [0.1, 0.15) is 31.9 Å². The van der Waals surface area contributed by atoms with Crippen LogP contribution in [-0.4, -0.2) is 30.1 Å². The maximum Gasteiger partial charge on any atom is 0.461 e. The van der Waals surface area contributed by atoms with Gasteiger partial charge < -0.3 is 9.47 Å². The monoisotopic (exact) mass is 451 g/mol. The summed E-state index contributed by atoms with van der Waals surface area (Å²) in [6.07, 6.45) is -8.91. The zero-order chi connectivity index (χ0) is 22.7. The molecule has 0 fully saturated rings. The van der Waals surface area contributed by atoms with Crippen molar-refractivity contribution in [3.8, 4) is 11.5 Å². The lowest BCUT2D eigenvalue weighted by Crippen LogP contribution is -2.33. The van der Waals surface area contributed by atoms with E-state index in [1.165, 1.54) is 19.2 Å². The Morgan fingerprint density at radius 1 is 1.00 bits per heavy atom. The van der Waals surface area contributed by atoms with Crippen LogP contribution in [-0.2, 0) is 0 Å². The molecule has 0 saturated heterocycles. The van der Waals surface area contributed by atoms with Gasteiger partial charge in [-0.1, -0.05) is 0 Å². The second kappa shape index (κ2) is 9.20. The highest BCUT2D eigenvalue weighted by Gasteiger charge is 2.44. The minimum absolute atomic E-state index is 0.0273. The molecule has 164 valence electrons. The van der Waals surface area contributed by atoms with E-state index in [4.69, 9.17) is 4.74 Å². The molecule has 3 nitrogen and oxygen atoms in total. The van der Waals surface area contributed by atoms with Gasteiger partial charge in [0.2, 0.25) is 0 Å². The number of nitrogens with zero attached hydrogens (tertiary/aromatic N) is 1. The lowest BCUT2D eigenvalue weighted by atomic mass is 10.0. The molecule has 0 unspecified atom stereocenters. The van der Waals surface area contributed by atoms with Crippen LogP contribution < -0.4 is 9.47 Å². The standard InChI is InChI=1S/C20H19F6NO2S/c1-19(2,3)30-27-17(11-5-6-15(22)16(9-11)28-4)12-7-13(21)10-14(8-12)29-20(25,26)18(23)24/h5-10,18H,1-4H3/b27-17+. The highest BCUT2D eigenvalue weighted by atomic mass is 32.2. The molecule has 10 heteroatoms. The molecule has 0 N–H and O–H groups in total. The molecule has 2 rings (SSSR count). The van der Waals surface area contributed by atoms with Crippen LogP contribution in [0.5, 0.6) is 11.5 Å². The summed E-state index contributed by atoms with van der Waals surface area (Å²) in [4.78, 5) is 0. The van der Waals surface area contributed by atoms with E-state index in [0.29, 0.717) is 11.6 Å². The third-order valence-electron chi connectivity index (χ3n) is 3.49. The zero-order valence-corrected chi connectivity index (χ0v) is 17.3. The number of halogens is 6. The molecule has 0 aliphatic carbocycles. The summed E-state index contributed by atoms with van der Waals surface area (Å²) in [6.45, 7) is 5.56. The lowest BCUT2D eigenvalue weighted by Gasteiger charge is -2.18. The van der Waals surface area contributed by atoms with Gasteiger partial charge in [0.15, 0.2) is 11.6 Å². The molecule has 0 spiro atoms. The van der Waals surface area contributed by atoms with Gasteiger partial charge in [0.25, 0.3) is 0 Å². The van der Waals surface area contributed by atoms with Gasteiger partial charge in [-0.2, -0.15) is 17.6 Å². The van der Waals surface area contributed by atoms with E-state index in [2.05, 4.69) is 9.13 Å². The number of ether oxygens (including phenoxy) is 2. The Morgan fingerprint density at radius 2 is 1.67 bits per heavy atom. The topological polar surface area (TPSA) is 30.8 Å². The number of methoxy groups -OCH3 is 1. The molecule has 0 amide bonds. The fourth-order valence-corrected chi connectivity index (χ4v) is 2.80. The Hall–Kier alpha value is -2.36. The molecular weight excluding hydrogens is 432 g/mol. The van der Waals surface area contributed by atoms with E-state index in [1.807, 2.05) is 20.8 Å².